The first-order valence-electron chi connectivity index (χ1n) is 12.0. The van der Waals surface area contributed by atoms with Crippen molar-refractivity contribution in [2.45, 2.75) is 32.4 Å². The standard InChI is InChI=1S/C26H34N8O2/c1-17-16-34(14-13-27-17)19-11-9-18(10-12-19)29-25-28-15-20(24(35)33(4)5)23(32-25)31-22-8-6-7-21(30-22)26(2,3)36/h6-12,15,17,27,36H,13-14,16H2,1-5H3,(H2,28,29,30,31,32)/t17-/m0/s1. The molecule has 3 aromatic rings. The number of anilines is 5. The molecule has 1 amide bonds. The van der Waals surface area contributed by atoms with E-state index >= 15 is 0 Å². The van der Waals surface area contributed by atoms with Crippen LogP contribution in [-0.2, 0) is 5.60 Å². The lowest BCUT2D eigenvalue weighted by Gasteiger charge is -2.33. The van der Waals surface area contributed by atoms with Gasteiger partial charge in [0.15, 0.2) is 0 Å². The molecule has 2 aromatic heterocycles. The Morgan fingerprint density at radius 2 is 1.89 bits per heavy atom. The predicted molar refractivity (Wildman–Crippen MR) is 142 cm³/mol. The molecule has 3 heterocycles. The minimum absolute atomic E-state index is 0.239. The number of carbonyl (C=O) groups is 1. The minimum atomic E-state index is -1.10. The van der Waals surface area contributed by atoms with Crippen LogP contribution in [0.2, 0.25) is 0 Å². The molecule has 4 N–H and O–H groups in total. The van der Waals surface area contributed by atoms with E-state index in [4.69, 9.17) is 0 Å². The largest absolute Gasteiger partial charge is 0.384 e. The zero-order valence-corrected chi connectivity index (χ0v) is 21.4. The van der Waals surface area contributed by atoms with Gasteiger partial charge in [0.25, 0.3) is 5.91 Å². The van der Waals surface area contributed by atoms with E-state index < -0.39 is 5.60 Å². The summed E-state index contributed by atoms with van der Waals surface area (Å²) in [6.07, 6.45) is 1.50. The second-order valence-corrected chi connectivity index (χ2v) is 9.72. The van der Waals surface area contributed by atoms with Gasteiger partial charge in [-0.2, -0.15) is 4.98 Å². The van der Waals surface area contributed by atoms with Gasteiger partial charge >= 0.3 is 0 Å². The number of nitrogens with zero attached hydrogens (tertiary/aromatic N) is 5. The van der Waals surface area contributed by atoms with Crippen LogP contribution in [0.5, 0.6) is 0 Å². The average molecular weight is 491 g/mol. The third-order valence-corrected chi connectivity index (χ3v) is 5.91. The van der Waals surface area contributed by atoms with Crippen LogP contribution in [0.25, 0.3) is 0 Å². The summed E-state index contributed by atoms with van der Waals surface area (Å²) in [6, 6.07) is 13.9. The molecule has 1 aliphatic rings. The molecule has 0 spiro atoms. The van der Waals surface area contributed by atoms with Crippen LogP contribution in [0.15, 0.2) is 48.7 Å². The monoisotopic (exact) mass is 490 g/mol. The molecule has 10 heteroatoms. The number of rotatable bonds is 7. The smallest absolute Gasteiger partial charge is 0.258 e. The number of carbonyl (C=O) groups excluding carboxylic acids is 1. The predicted octanol–water partition coefficient (Wildman–Crippen LogP) is 3.09. The van der Waals surface area contributed by atoms with Gasteiger partial charge in [0.1, 0.15) is 22.8 Å². The van der Waals surface area contributed by atoms with E-state index in [2.05, 4.69) is 54.9 Å². The Labute approximate surface area is 211 Å². The number of nitrogens with one attached hydrogen (secondary N) is 3. The minimum Gasteiger partial charge on any atom is -0.384 e. The molecule has 1 atom stereocenters. The Bertz CT molecular complexity index is 1210. The van der Waals surface area contributed by atoms with Crippen LogP contribution >= 0.6 is 0 Å². The Morgan fingerprint density at radius 3 is 2.56 bits per heavy atom. The van der Waals surface area contributed by atoms with Crippen molar-refractivity contribution in [2.75, 3.05) is 49.3 Å². The number of aromatic nitrogens is 3. The van der Waals surface area contributed by atoms with E-state index in [0.717, 1.165) is 25.3 Å². The lowest BCUT2D eigenvalue weighted by Crippen LogP contribution is -2.49. The first-order valence-corrected chi connectivity index (χ1v) is 12.0. The first-order chi connectivity index (χ1) is 17.1. The molecule has 0 saturated carbocycles. The first kappa shape index (κ1) is 25.3. The van der Waals surface area contributed by atoms with Gasteiger partial charge in [-0.25, -0.2) is 9.97 Å². The van der Waals surface area contributed by atoms with Crippen molar-refractivity contribution in [3.05, 3.63) is 59.9 Å². The van der Waals surface area contributed by atoms with Gasteiger partial charge in [0.2, 0.25) is 5.95 Å². The number of amides is 1. The molecule has 0 radical (unpaired) electrons. The fourth-order valence-electron chi connectivity index (χ4n) is 3.95. The van der Waals surface area contributed by atoms with Gasteiger partial charge in [0.05, 0.1) is 5.69 Å². The van der Waals surface area contributed by atoms with Crippen molar-refractivity contribution in [2.24, 2.45) is 0 Å². The molecule has 0 unspecified atom stereocenters. The summed E-state index contributed by atoms with van der Waals surface area (Å²) in [7, 11) is 3.35. The van der Waals surface area contributed by atoms with Crippen LogP contribution in [0.4, 0.5) is 29.0 Å². The summed E-state index contributed by atoms with van der Waals surface area (Å²) in [5.41, 5.74) is 1.71. The lowest BCUT2D eigenvalue weighted by atomic mass is 10.1. The maximum Gasteiger partial charge on any atom is 0.258 e. The van der Waals surface area contributed by atoms with Gasteiger partial charge in [-0.1, -0.05) is 6.07 Å². The van der Waals surface area contributed by atoms with E-state index in [0.29, 0.717) is 34.9 Å². The molecular weight excluding hydrogens is 456 g/mol. The summed E-state index contributed by atoms with van der Waals surface area (Å²) < 4.78 is 0. The summed E-state index contributed by atoms with van der Waals surface area (Å²) in [4.78, 5) is 30.0. The van der Waals surface area contributed by atoms with E-state index in [1.807, 2.05) is 12.1 Å². The zero-order chi connectivity index (χ0) is 25.9. The Kier molecular flexibility index (Phi) is 7.37. The zero-order valence-electron chi connectivity index (χ0n) is 21.4. The van der Waals surface area contributed by atoms with E-state index in [-0.39, 0.29) is 5.91 Å². The highest BCUT2D eigenvalue weighted by atomic mass is 16.3. The highest BCUT2D eigenvalue weighted by molar-refractivity contribution is 5.99. The van der Waals surface area contributed by atoms with Crippen molar-refractivity contribution in [3.63, 3.8) is 0 Å². The highest BCUT2D eigenvalue weighted by Gasteiger charge is 2.21. The maximum atomic E-state index is 12.8. The SMILES string of the molecule is C[C@H]1CN(c2ccc(Nc3ncc(C(=O)N(C)C)c(Nc4cccc(C(C)(C)O)n4)n3)cc2)CCN1. The Balaban J connectivity index is 1.58. The number of pyridine rings is 1. The molecular formula is C26H34N8O2. The van der Waals surface area contributed by atoms with Gasteiger partial charge in [-0.3, -0.25) is 4.79 Å². The van der Waals surface area contributed by atoms with Crippen LogP contribution in [-0.4, -0.2) is 70.6 Å². The molecule has 1 saturated heterocycles. The van der Waals surface area contributed by atoms with E-state index in [1.165, 1.54) is 16.8 Å². The summed E-state index contributed by atoms with van der Waals surface area (Å²) in [6.45, 7) is 8.43. The summed E-state index contributed by atoms with van der Waals surface area (Å²) >= 11 is 0. The fourth-order valence-corrected chi connectivity index (χ4v) is 3.95. The van der Waals surface area contributed by atoms with Crippen molar-refractivity contribution in [3.8, 4) is 0 Å². The maximum absolute atomic E-state index is 12.8. The summed E-state index contributed by atoms with van der Waals surface area (Å²) in [5.74, 6) is 0.881. The average Bonchev–Trinajstić information content (AvgIpc) is 2.84. The quantitative estimate of drug-likeness (QED) is 0.396. The second kappa shape index (κ2) is 10.5. The van der Waals surface area contributed by atoms with Crippen molar-refractivity contribution in [1.29, 1.82) is 0 Å². The van der Waals surface area contributed by atoms with Crippen LogP contribution < -0.4 is 20.9 Å². The van der Waals surface area contributed by atoms with Crippen LogP contribution in [0, 0.1) is 0 Å². The molecule has 0 bridgehead atoms. The molecule has 0 aliphatic carbocycles. The number of piperazine rings is 1. The lowest BCUT2D eigenvalue weighted by molar-refractivity contribution is 0.0739. The highest BCUT2D eigenvalue weighted by Crippen LogP contribution is 2.25. The summed E-state index contributed by atoms with van der Waals surface area (Å²) in [5, 5.41) is 20.1. The number of hydrogen-bond donors (Lipinski definition) is 4. The molecule has 10 nitrogen and oxygen atoms in total. The van der Waals surface area contributed by atoms with Crippen molar-refractivity contribution < 1.29 is 9.90 Å². The van der Waals surface area contributed by atoms with E-state index in [9.17, 15) is 9.90 Å². The molecule has 1 aliphatic heterocycles. The Hall–Kier alpha value is -3.76. The number of hydrogen-bond acceptors (Lipinski definition) is 9. The normalized spacial score (nSPS) is 15.9. The van der Waals surface area contributed by atoms with Crippen LogP contribution in [0.3, 0.4) is 0 Å². The van der Waals surface area contributed by atoms with Gasteiger partial charge in [-0.05, 0) is 57.2 Å². The van der Waals surface area contributed by atoms with Crippen LogP contribution in [0.1, 0.15) is 36.8 Å². The molecule has 1 aromatic carbocycles. The number of aliphatic hydroxyl groups is 1. The van der Waals surface area contributed by atoms with Crippen molar-refractivity contribution >= 4 is 34.9 Å². The van der Waals surface area contributed by atoms with Gasteiger partial charge in [0, 0.05) is 57.3 Å². The third-order valence-electron chi connectivity index (χ3n) is 5.91. The third kappa shape index (κ3) is 6.07. The van der Waals surface area contributed by atoms with Gasteiger partial charge < -0.3 is 30.9 Å². The molecule has 4 rings (SSSR count). The number of benzene rings is 1. The second-order valence-electron chi connectivity index (χ2n) is 9.72. The molecule has 36 heavy (non-hydrogen) atoms. The topological polar surface area (TPSA) is 119 Å². The van der Waals surface area contributed by atoms with Crippen molar-refractivity contribution in [1.82, 2.24) is 25.2 Å². The fraction of sp³-hybridized carbons (Fsp3) is 0.385. The van der Waals surface area contributed by atoms with Gasteiger partial charge in [-0.15, -0.1) is 0 Å². The Morgan fingerprint density at radius 1 is 1.14 bits per heavy atom. The molecule has 1 fully saturated rings. The van der Waals surface area contributed by atoms with E-state index in [1.54, 1.807) is 46.1 Å². The molecule has 190 valence electrons.